The maximum atomic E-state index is 11.3. The van der Waals surface area contributed by atoms with E-state index in [1.165, 1.54) is 18.2 Å². The quantitative estimate of drug-likeness (QED) is 0.366. The summed E-state index contributed by atoms with van der Waals surface area (Å²) in [6.07, 6.45) is -4.31. The molecule has 3 rings (SSSR count). The molecule has 1 aromatic carbocycles. The summed E-state index contributed by atoms with van der Waals surface area (Å²) in [5.74, 6) is -3.20. The lowest BCUT2D eigenvalue weighted by molar-refractivity contribution is -0.104. The monoisotopic (exact) mass is 400 g/mol. The molecule has 1 fully saturated rings. The average molecular weight is 400 g/mol. The van der Waals surface area contributed by atoms with Crippen molar-refractivity contribution in [2.75, 3.05) is 5.73 Å². The summed E-state index contributed by atoms with van der Waals surface area (Å²) in [4.78, 5) is 33.5. The van der Waals surface area contributed by atoms with Crippen LogP contribution in [0.5, 0.6) is 5.75 Å². The van der Waals surface area contributed by atoms with Crippen molar-refractivity contribution in [3.8, 4) is 5.75 Å². The molecule has 0 aliphatic carbocycles. The van der Waals surface area contributed by atoms with Crippen LogP contribution in [0.1, 0.15) is 16.8 Å². The van der Waals surface area contributed by atoms with Crippen molar-refractivity contribution in [2.45, 2.75) is 30.8 Å². The molecule has 0 spiro atoms. The molecule has 0 saturated carbocycles. The minimum atomic E-state index is -4.90. The molecule has 7 N–H and O–H groups in total. The van der Waals surface area contributed by atoms with Crippen LogP contribution in [0.15, 0.2) is 24.3 Å². The van der Waals surface area contributed by atoms with Crippen LogP contribution in [0.2, 0.25) is 0 Å². The second kappa shape index (κ2) is 7.04. The predicted molar refractivity (Wildman–Crippen MR) is 91.1 cm³/mol. The number of carboxylic acids is 1. The van der Waals surface area contributed by atoms with E-state index in [4.69, 9.17) is 25.0 Å². The Labute approximate surface area is 152 Å². The molecular formula is C15H17N2O9P. The highest BCUT2D eigenvalue weighted by Crippen LogP contribution is 2.45. The van der Waals surface area contributed by atoms with Crippen molar-refractivity contribution in [1.82, 2.24) is 4.98 Å². The lowest BCUT2D eigenvalue weighted by Gasteiger charge is -2.22. The van der Waals surface area contributed by atoms with Crippen LogP contribution in [0.4, 0.5) is 5.82 Å². The number of nitrogen functional groups attached to an aromatic ring is 1. The van der Waals surface area contributed by atoms with Gasteiger partial charge < -0.3 is 40.3 Å². The van der Waals surface area contributed by atoms with Gasteiger partial charge in [0.1, 0.15) is 17.7 Å². The van der Waals surface area contributed by atoms with E-state index in [-0.39, 0.29) is 29.1 Å². The van der Waals surface area contributed by atoms with Gasteiger partial charge in [0.25, 0.3) is 0 Å². The van der Waals surface area contributed by atoms with Crippen molar-refractivity contribution < 1.29 is 43.9 Å². The van der Waals surface area contributed by atoms with Crippen LogP contribution in [0.3, 0.4) is 0 Å². The molecule has 4 atom stereocenters. The molecule has 146 valence electrons. The van der Waals surface area contributed by atoms with Crippen molar-refractivity contribution >= 4 is 30.3 Å². The third kappa shape index (κ3) is 4.03. The maximum absolute atomic E-state index is 11.3. The normalized spacial score (nSPS) is 24.1. The number of aliphatic hydroxyl groups is 2. The SMILES string of the molecule is Nc1ccc2c(O[C@H]3C[C@H](O)[C@@H](C(O)P(=O)(O)O)O3)cc(C(=O)O)cc2n1. The number of rotatable bonds is 5. The van der Waals surface area contributed by atoms with Crippen LogP contribution in [-0.4, -0.2) is 60.4 Å². The Kier molecular flexibility index (Phi) is 5.08. The van der Waals surface area contributed by atoms with E-state index in [0.29, 0.717) is 5.39 Å². The number of carboxylic acid groups (broad SMARTS) is 1. The van der Waals surface area contributed by atoms with Crippen molar-refractivity contribution in [3.63, 3.8) is 0 Å². The van der Waals surface area contributed by atoms with Crippen LogP contribution in [-0.2, 0) is 9.30 Å². The molecular weight excluding hydrogens is 383 g/mol. The zero-order valence-electron chi connectivity index (χ0n) is 13.7. The van der Waals surface area contributed by atoms with Crippen LogP contribution in [0.25, 0.3) is 10.9 Å². The van der Waals surface area contributed by atoms with Gasteiger partial charge in [0.15, 0.2) is 5.85 Å². The zero-order valence-corrected chi connectivity index (χ0v) is 14.6. The van der Waals surface area contributed by atoms with Crippen LogP contribution >= 0.6 is 7.60 Å². The van der Waals surface area contributed by atoms with Crippen molar-refractivity contribution in [2.24, 2.45) is 0 Å². The fraction of sp³-hybridized carbons (Fsp3) is 0.333. The van der Waals surface area contributed by atoms with Gasteiger partial charge in [0, 0.05) is 11.8 Å². The number of aromatic nitrogens is 1. The average Bonchev–Trinajstić information content (AvgIpc) is 2.92. The molecule has 27 heavy (non-hydrogen) atoms. The first-order valence-electron chi connectivity index (χ1n) is 7.73. The number of anilines is 1. The first-order valence-corrected chi connectivity index (χ1v) is 9.41. The smallest absolute Gasteiger partial charge is 0.356 e. The minimum Gasteiger partial charge on any atom is -0.478 e. The fourth-order valence-electron chi connectivity index (χ4n) is 2.77. The van der Waals surface area contributed by atoms with Gasteiger partial charge in [0.2, 0.25) is 6.29 Å². The van der Waals surface area contributed by atoms with E-state index < -0.39 is 37.9 Å². The number of aromatic carboxylic acids is 1. The Balaban J connectivity index is 1.91. The summed E-state index contributed by atoms with van der Waals surface area (Å²) < 4.78 is 22.0. The van der Waals surface area contributed by atoms with Crippen LogP contribution < -0.4 is 10.5 Å². The molecule has 0 radical (unpaired) electrons. The first-order chi connectivity index (χ1) is 12.6. The molecule has 0 bridgehead atoms. The molecule has 1 unspecified atom stereocenters. The Bertz CT molecular complexity index is 931. The molecule has 11 nitrogen and oxygen atoms in total. The van der Waals surface area contributed by atoms with Gasteiger partial charge in [-0.25, -0.2) is 9.78 Å². The summed E-state index contributed by atoms with van der Waals surface area (Å²) in [6, 6.07) is 5.59. The summed E-state index contributed by atoms with van der Waals surface area (Å²) in [5, 5.41) is 29.2. The van der Waals surface area contributed by atoms with Gasteiger partial charge in [-0.1, -0.05) is 0 Å². The Hall–Kier alpha value is -2.27. The molecule has 12 heteroatoms. The number of nitrogens with zero attached hydrogens (tertiary/aromatic N) is 1. The van der Waals surface area contributed by atoms with E-state index in [1.54, 1.807) is 6.07 Å². The highest BCUT2D eigenvalue weighted by molar-refractivity contribution is 7.52. The van der Waals surface area contributed by atoms with Gasteiger partial charge >= 0.3 is 13.6 Å². The number of benzene rings is 1. The summed E-state index contributed by atoms with van der Waals surface area (Å²) >= 11 is 0. The lowest BCUT2D eigenvalue weighted by atomic mass is 10.1. The number of fused-ring (bicyclic) bond motifs is 1. The highest BCUT2D eigenvalue weighted by atomic mass is 31.2. The molecule has 1 aromatic heterocycles. The summed E-state index contributed by atoms with van der Waals surface area (Å²) in [6.45, 7) is 0. The maximum Gasteiger partial charge on any atom is 0.356 e. The summed E-state index contributed by atoms with van der Waals surface area (Å²) in [5.41, 5.74) is 5.75. The van der Waals surface area contributed by atoms with E-state index in [2.05, 4.69) is 4.98 Å². The fourth-order valence-corrected chi connectivity index (χ4v) is 3.42. The number of hydrogen-bond acceptors (Lipinski definition) is 8. The van der Waals surface area contributed by atoms with E-state index in [9.17, 15) is 24.7 Å². The molecule has 2 heterocycles. The van der Waals surface area contributed by atoms with Crippen molar-refractivity contribution in [3.05, 3.63) is 29.8 Å². The van der Waals surface area contributed by atoms with E-state index >= 15 is 0 Å². The van der Waals surface area contributed by atoms with Gasteiger partial charge in [-0.2, -0.15) is 0 Å². The summed E-state index contributed by atoms with van der Waals surface area (Å²) in [7, 11) is -4.90. The van der Waals surface area contributed by atoms with Gasteiger partial charge in [-0.3, -0.25) is 4.57 Å². The second-order valence-electron chi connectivity index (χ2n) is 6.04. The molecule has 1 aliphatic heterocycles. The zero-order chi connectivity index (χ0) is 19.9. The largest absolute Gasteiger partial charge is 0.478 e. The molecule has 1 aliphatic rings. The number of pyridine rings is 1. The Morgan fingerprint density at radius 2 is 2.07 bits per heavy atom. The standard InChI is InChI=1S/C15H17N2O9P/c16-11-2-1-7-8(17-11)3-6(14(19)20)4-10(7)25-12-5-9(18)13(26-12)15(21)27(22,23)24/h1-4,9,12-13,15,18,21H,5H2,(H2,16,17)(H,19,20)(H2,22,23,24)/t9-,12+,13-,15?/m0/s1. The van der Waals surface area contributed by atoms with Gasteiger partial charge in [-0.15, -0.1) is 0 Å². The molecule has 0 amide bonds. The second-order valence-corrected chi connectivity index (χ2v) is 7.74. The third-order valence-corrected chi connectivity index (χ3v) is 5.04. The molecule has 1 saturated heterocycles. The van der Waals surface area contributed by atoms with E-state index in [1.807, 2.05) is 0 Å². The number of hydrogen-bond donors (Lipinski definition) is 6. The number of carbonyl (C=O) groups is 1. The Morgan fingerprint density at radius 3 is 2.70 bits per heavy atom. The van der Waals surface area contributed by atoms with Gasteiger partial charge in [0.05, 0.1) is 17.2 Å². The topological polar surface area (TPSA) is 193 Å². The third-order valence-electron chi connectivity index (χ3n) is 4.06. The number of ether oxygens (including phenoxy) is 2. The number of nitrogens with two attached hydrogens (primary N) is 1. The van der Waals surface area contributed by atoms with Crippen molar-refractivity contribution in [1.29, 1.82) is 0 Å². The highest BCUT2D eigenvalue weighted by Gasteiger charge is 2.46. The number of aliphatic hydroxyl groups excluding tert-OH is 2. The lowest BCUT2D eigenvalue weighted by Crippen LogP contribution is -2.34. The minimum absolute atomic E-state index is 0.0703. The Morgan fingerprint density at radius 1 is 1.37 bits per heavy atom. The predicted octanol–water partition coefficient (Wildman–Crippen LogP) is -0.134. The van der Waals surface area contributed by atoms with Gasteiger partial charge in [-0.05, 0) is 24.3 Å². The van der Waals surface area contributed by atoms with Crippen LogP contribution in [0, 0.1) is 0 Å². The first kappa shape index (κ1) is 19.5. The van der Waals surface area contributed by atoms with E-state index in [0.717, 1.165) is 0 Å². The molecule has 2 aromatic rings.